The fraction of sp³-hybridized carbons (Fsp3) is 0.300. The number of carbonyl (C=O) groups excluding carboxylic acids is 2. The van der Waals surface area contributed by atoms with Crippen LogP contribution in [0.25, 0.3) is 21.5 Å². The van der Waals surface area contributed by atoms with Gasteiger partial charge in [-0.3, -0.25) is 19.8 Å². The molecular weight excluding hydrogens is 390 g/mol. The van der Waals surface area contributed by atoms with Crippen molar-refractivity contribution in [2.45, 2.75) is 13.5 Å². The fourth-order valence-electron chi connectivity index (χ4n) is 3.26. The molecule has 2 aromatic heterocycles. The van der Waals surface area contributed by atoms with E-state index in [0.717, 1.165) is 43.8 Å². The Balaban J connectivity index is 1.69. The van der Waals surface area contributed by atoms with Gasteiger partial charge in [0.05, 0.1) is 23.8 Å². The molecule has 3 heterocycles. The van der Waals surface area contributed by atoms with Crippen LogP contribution in [0, 0.1) is 0 Å². The smallest absolute Gasteiger partial charge is 0.258 e. The number of anilines is 1. The Kier molecular flexibility index (Phi) is 5.52. The third-order valence-electron chi connectivity index (χ3n) is 4.66. The zero-order valence-electron chi connectivity index (χ0n) is 16.0. The van der Waals surface area contributed by atoms with E-state index in [1.165, 1.54) is 23.8 Å². The molecule has 2 amide bonds. The van der Waals surface area contributed by atoms with Crippen molar-refractivity contribution in [3.63, 3.8) is 0 Å². The van der Waals surface area contributed by atoms with Crippen molar-refractivity contribution in [1.29, 1.82) is 0 Å². The largest absolute Gasteiger partial charge is 0.379 e. The highest BCUT2D eigenvalue weighted by atomic mass is 32.1. The number of nitrogens with zero attached hydrogens (tertiary/aromatic N) is 3. The van der Waals surface area contributed by atoms with Crippen LogP contribution in [0.4, 0.5) is 5.95 Å². The van der Waals surface area contributed by atoms with Gasteiger partial charge in [-0.25, -0.2) is 9.97 Å². The van der Waals surface area contributed by atoms with E-state index in [9.17, 15) is 9.59 Å². The number of hydrogen-bond donors (Lipinski definition) is 2. The van der Waals surface area contributed by atoms with Gasteiger partial charge in [0.1, 0.15) is 4.83 Å². The zero-order chi connectivity index (χ0) is 20.4. The van der Waals surface area contributed by atoms with E-state index >= 15 is 0 Å². The number of fused-ring (bicyclic) bond motifs is 1. The van der Waals surface area contributed by atoms with Crippen molar-refractivity contribution < 1.29 is 14.3 Å². The number of thiophene rings is 1. The molecule has 1 fully saturated rings. The van der Waals surface area contributed by atoms with Crippen molar-refractivity contribution in [2.75, 3.05) is 31.6 Å². The van der Waals surface area contributed by atoms with Gasteiger partial charge in [-0.2, -0.15) is 0 Å². The molecule has 3 N–H and O–H groups in total. The van der Waals surface area contributed by atoms with Crippen molar-refractivity contribution in [3.05, 3.63) is 40.8 Å². The number of nitrogens with one attached hydrogen (secondary N) is 1. The Bertz CT molecular complexity index is 1060. The van der Waals surface area contributed by atoms with Crippen LogP contribution in [0.1, 0.15) is 22.2 Å². The Morgan fingerprint density at radius 3 is 2.59 bits per heavy atom. The first-order valence-electron chi connectivity index (χ1n) is 9.28. The second-order valence-corrected chi connectivity index (χ2v) is 7.89. The summed E-state index contributed by atoms with van der Waals surface area (Å²) in [5.74, 6) is -0.570. The molecule has 8 nitrogen and oxygen atoms in total. The van der Waals surface area contributed by atoms with E-state index < -0.39 is 5.91 Å². The lowest BCUT2D eigenvalue weighted by atomic mass is 10.1. The van der Waals surface area contributed by atoms with Gasteiger partial charge < -0.3 is 10.5 Å². The zero-order valence-corrected chi connectivity index (χ0v) is 16.8. The van der Waals surface area contributed by atoms with Crippen molar-refractivity contribution in [2.24, 2.45) is 5.73 Å². The molecule has 150 valence electrons. The first-order valence-corrected chi connectivity index (χ1v) is 10.1. The molecule has 29 heavy (non-hydrogen) atoms. The maximum Gasteiger partial charge on any atom is 0.258 e. The topological polar surface area (TPSA) is 110 Å². The van der Waals surface area contributed by atoms with E-state index in [2.05, 4.69) is 32.3 Å². The van der Waals surface area contributed by atoms with Gasteiger partial charge in [0.2, 0.25) is 11.9 Å². The van der Waals surface area contributed by atoms with Crippen LogP contribution >= 0.6 is 11.3 Å². The third kappa shape index (κ3) is 4.42. The first-order chi connectivity index (χ1) is 14.0. The minimum atomic E-state index is -0.513. The number of morpholine rings is 1. The predicted molar refractivity (Wildman–Crippen MR) is 112 cm³/mol. The number of amides is 2. The maximum absolute atomic E-state index is 11.6. The number of hydrogen-bond acceptors (Lipinski definition) is 7. The number of aromatic nitrogens is 2. The van der Waals surface area contributed by atoms with Gasteiger partial charge in [-0.15, -0.1) is 11.3 Å². The van der Waals surface area contributed by atoms with Crippen LogP contribution in [0.15, 0.2) is 30.3 Å². The van der Waals surface area contributed by atoms with E-state index in [0.29, 0.717) is 15.4 Å². The van der Waals surface area contributed by atoms with Crippen LogP contribution in [0.2, 0.25) is 0 Å². The lowest BCUT2D eigenvalue weighted by molar-refractivity contribution is -0.114. The quantitative estimate of drug-likeness (QED) is 0.666. The second kappa shape index (κ2) is 8.24. The summed E-state index contributed by atoms with van der Waals surface area (Å²) in [6, 6.07) is 9.83. The van der Waals surface area contributed by atoms with E-state index in [4.69, 9.17) is 10.5 Å². The van der Waals surface area contributed by atoms with Gasteiger partial charge in [0, 0.05) is 37.5 Å². The number of rotatable bonds is 5. The summed E-state index contributed by atoms with van der Waals surface area (Å²) in [4.78, 5) is 35.3. The minimum absolute atomic E-state index is 0.204. The summed E-state index contributed by atoms with van der Waals surface area (Å²) >= 11 is 1.19. The molecule has 3 aromatic rings. The number of primary amides is 1. The van der Waals surface area contributed by atoms with Crippen LogP contribution in [0.5, 0.6) is 0 Å². The van der Waals surface area contributed by atoms with Crippen molar-refractivity contribution in [1.82, 2.24) is 14.9 Å². The first kappa shape index (κ1) is 19.4. The summed E-state index contributed by atoms with van der Waals surface area (Å²) in [6.45, 7) is 5.66. The Labute approximate surface area is 171 Å². The van der Waals surface area contributed by atoms with Gasteiger partial charge in [-0.05, 0) is 11.6 Å². The maximum atomic E-state index is 11.6. The van der Waals surface area contributed by atoms with Crippen molar-refractivity contribution >= 4 is 39.3 Å². The highest BCUT2D eigenvalue weighted by Gasteiger charge is 2.17. The van der Waals surface area contributed by atoms with E-state index in [-0.39, 0.29) is 11.9 Å². The Morgan fingerprint density at radius 1 is 1.21 bits per heavy atom. The third-order valence-corrected chi connectivity index (χ3v) is 5.70. The molecule has 0 unspecified atom stereocenters. The molecular formula is C20H21N5O3S. The fourth-order valence-corrected chi connectivity index (χ4v) is 4.15. The number of benzene rings is 1. The molecule has 0 bridgehead atoms. The molecule has 4 rings (SSSR count). The van der Waals surface area contributed by atoms with Crippen LogP contribution in [0.3, 0.4) is 0 Å². The predicted octanol–water partition coefficient (Wildman–Crippen LogP) is 2.25. The number of ether oxygens (including phenoxy) is 1. The summed E-state index contributed by atoms with van der Waals surface area (Å²) < 4.78 is 5.39. The molecule has 1 saturated heterocycles. The lowest BCUT2D eigenvalue weighted by Crippen LogP contribution is -2.35. The summed E-state index contributed by atoms with van der Waals surface area (Å²) in [7, 11) is 0. The van der Waals surface area contributed by atoms with Gasteiger partial charge in [0.15, 0.2) is 0 Å². The summed E-state index contributed by atoms with van der Waals surface area (Å²) in [5.41, 5.74) is 8.17. The van der Waals surface area contributed by atoms with Crippen molar-refractivity contribution in [3.8, 4) is 11.3 Å². The molecule has 9 heteroatoms. The van der Waals surface area contributed by atoms with Crippen LogP contribution in [-0.2, 0) is 16.1 Å². The van der Waals surface area contributed by atoms with E-state index in [1.54, 1.807) is 6.07 Å². The molecule has 1 aromatic carbocycles. The molecule has 1 aliphatic rings. The van der Waals surface area contributed by atoms with Crippen LogP contribution in [-0.4, -0.2) is 53.0 Å². The SMILES string of the molecule is CC(=O)Nc1nc(-c2ccc(CN3CCOCC3)cc2)c2cc(C(N)=O)sc2n1. The lowest BCUT2D eigenvalue weighted by Gasteiger charge is -2.26. The van der Waals surface area contributed by atoms with Gasteiger partial charge in [0.25, 0.3) is 5.91 Å². The number of nitrogens with two attached hydrogens (primary N) is 1. The standard InChI is InChI=1S/C20H21N5O3S/c1-12(26)22-20-23-17(15-10-16(18(21)27)29-19(15)24-20)14-4-2-13(3-5-14)11-25-6-8-28-9-7-25/h2-5,10H,6-9,11H2,1H3,(H2,21,27)(H,22,23,24,26). The highest BCUT2D eigenvalue weighted by molar-refractivity contribution is 7.20. The molecule has 1 aliphatic heterocycles. The normalized spacial score (nSPS) is 14.8. The van der Waals surface area contributed by atoms with Crippen LogP contribution < -0.4 is 11.1 Å². The molecule has 0 aliphatic carbocycles. The average Bonchev–Trinajstić information content (AvgIpc) is 3.13. The summed E-state index contributed by atoms with van der Waals surface area (Å²) in [6.07, 6.45) is 0. The number of carbonyl (C=O) groups is 2. The van der Waals surface area contributed by atoms with E-state index in [1.807, 2.05) is 12.1 Å². The molecule has 0 spiro atoms. The monoisotopic (exact) mass is 411 g/mol. The second-order valence-electron chi connectivity index (χ2n) is 6.86. The summed E-state index contributed by atoms with van der Waals surface area (Å²) in [5, 5.41) is 3.36. The minimum Gasteiger partial charge on any atom is -0.379 e. The van der Waals surface area contributed by atoms with Gasteiger partial charge >= 0.3 is 0 Å². The molecule has 0 saturated carbocycles. The van der Waals surface area contributed by atoms with Gasteiger partial charge in [-0.1, -0.05) is 24.3 Å². The highest BCUT2D eigenvalue weighted by Crippen LogP contribution is 2.33. The Morgan fingerprint density at radius 2 is 1.93 bits per heavy atom. The molecule has 0 atom stereocenters. The Hall–Kier alpha value is -2.88. The average molecular weight is 411 g/mol. The molecule has 0 radical (unpaired) electrons.